The summed E-state index contributed by atoms with van der Waals surface area (Å²) in [5, 5.41) is 22.7. The van der Waals surface area contributed by atoms with Gasteiger partial charge < -0.3 is 45.1 Å². The highest BCUT2D eigenvalue weighted by atomic mass is 32.1. The number of hydrogen-bond donors (Lipinski definition) is 4. The molecule has 4 aliphatic rings. The first-order valence-corrected chi connectivity index (χ1v) is 23.1. The van der Waals surface area contributed by atoms with Crippen molar-refractivity contribution in [2.45, 2.75) is 135 Å². The number of piperidine rings is 1. The van der Waals surface area contributed by atoms with Crippen LogP contribution >= 0.6 is 11.3 Å². The Balaban J connectivity index is 1.19. The summed E-state index contributed by atoms with van der Waals surface area (Å²) in [5.74, 6) is -1.56. The van der Waals surface area contributed by atoms with E-state index in [4.69, 9.17) is 24.2 Å². The number of allylic oxidation sites excluding steroid dienone is 1. The van der Waals surface area contributed by atoms with Crippen LogP contribution in [0.2, 0.25) is 0 Å². The number of likely N-dealkylation sites (tertiary alicyclic amines) is 1. The van der Waals surface area contributed by atoms with Crippen LogP contribution in [0.4, 0.5) is 9.93 Å². The summed E-state index contributed by atoms with van der Waals surface area (Å²) in [4.78, 5) is 81.4. The second-order valence-corrected chi connectivity index (χ2v) is 19.5. The lowest BCUT2D eigenvalue weighted by atomic mass is 9.88. The molecule has 3 aromatic rings. The third-order valence-corrected chi connectivity index (χ3v) is 13.2. The summed E-state index contributed by atoms with van der Waals surface area (Å²) in [6, 6.07) is 5.24. The highest BCUT2D eigenvalue weighted by molar-refractivity contribution is 7.14. The van der Waals surface area contributed by atoms with E-state index in [0.717, 1.165) is 30.8 Å². The van der Waals surface area contributed by atoms with E-state index in [2.05, 4.69) is 16.0 Å². The minimum absolute atomic E-state index is 0.0237. The molecule has 0 radical (unpaired) electrons. The van der Waals surface area contributed by atoms with Crippen LogP contribution in [0.25, 0.3) is 22.3 Å². The Morgan fingerprint density at radius 1 is 1.06 bits per heavy atom. The fourth-order valence-corrected chi connectivity index (χ4v) is 9.46. The molecule has 7 rings (SSSR count). The molecular formula is C46H61N7O9S. The molecule has 17 heteroatoms. The molecule has 3 aliphatic heterocycles. The van der Waals surface area contributed by atoms with Crippen molar-refractivity contribution in [3.63, 3.8) is 0 Å². The Morgan fingerprint density at radius 2 is 1.87 bits per heavy atom. The van der Waals surface area contributed by atoms with E-state index in [9.17, 15) is 29.1 Å². The number of hydrogen-bond acceptors (Lipinski definition) is 12. The molecule has 3 fully saturated rings. The van der Waals surface area contributed by atoms with Crippen molar-refractivity contribution in [1.29, 1.82) is 0 Å². The third kappa shape index (κ3) is 10.7. The van der Waals surface area contributed by atoms with Crippen molar-refractivity contribution in [2.24, 2.45) is 11.3 Å². The highest BCUT2D eigenvalue weighted by Gasteiger charge is 2.61. The van der Waals surface area contributed by atoms with Gasteiger partial charge in [-0.1, -0.05) is 45.8 Å². The lowest BCUT2D eigenvalue weighted by Gasteiger charge is -2.36. The largest absolute Gasteiger partial charge is 0.497 e. The Morgan fingerprint density at radius 3 is 2.60 bits per heavy atom. The minimum Gasteiger partial charge on any atom is -0.497 e. The maximum absolute atomic E-state index is 14.9. The van der Waals surface area contributed by atoms with Crippen LogP contribution in [-0.4, -0.2) is 117 Å². The number of fused-ring (bicyclic) bond motifs is 3. The number of aliphatic carboxylic acids is 1. The van der Waals surface area contributed by atoms with Crippen molar-refractivity contribution >= 4 is 57.2 Å². The van der Waals surface area contributed by atoms with Crippen molar-refractivity contribution in [2.75, 3.05) is 32.1 Å². The molecule has 1 saturated carbocycles. The zero-order chi connectivity index (χ0) is 45.1. The van der Waals surface area contributed by atoms with Gasteiger partial charge in [0.1, 0.15) is 47.0 Å². The molecule has 2 aromatic heterocycles. The molecule has 4 N–H and O–H groups in total. The van der Waals surface area contributed by atoms with Crippen molar-refractivity contribution in [3.05, 3.63) is 41.8 Å². The fourth-order valence-electron chi connectivity index (χ4n) is 8.61. The minimum atomic E-state index is -1.49. The summed E-state index contributed by atoms with van der Waals surface area (Å²) >= 11 is 1.46. The van der Waals surface area contributed by atoms with Gasteiger partial charge in [-0.15, -0.1) is 11.3 Å². The number of carbonyl (C=O) groups excluding carboxylic acids is 4. The van der Waals surface area contributed by atoms with Crippen LogP contribution in [0.5, 0.6) is 11.5 Å². The van der Waals surface area contributed by atoms with E-state index >= 15 is 0 Å². The first-order chi connectivity index (χ1) is 30.0. The molecule has 2 unspecified atom stereocenters. The summed E-state index contributed by atoms with van der Waals surface area (Å²) in [6.45, 7) is 10.7. The van der Waals surface area contributed by atoms with E-state index in [1.165, 1.54) is 16.2 Å². The van der Waals surface area contributed by atoms with Crippen molar-refractivity contribution in [1.82, 2.24) is 30.4 Å². The summed E-state index contributed by atoms with van der Waals surface area (Å²) < 4.78 is 18.3. The van der Waals surface area contributed by atoms with Crippen LogP contribution in [0.15, 0.2) is 41.8 Å². The average Bonchev–Trinajstić information content (AvgIpc) is 3.49. The molecule has 16 nitrogen and oxygen atoms in total. The predicted octanol–water partition coefficient (Wildman–Crippen LogP) is 6.54. The van der Waals surface area contributed by atoms with E-state index in [-0.39, 0.29) is 50.2 Å². The molecule has 1 aliphatic carbocycles. The summed E-state index contributed by atoms with van der Waals surface area (Å²) in [7, 11) is 1.57. The summed E-state index contributed by atoms with van der Waals surface area (Å²) in [6.07, 6.45) is 7.24. The molecule has 63 heavy (non-hydrogen) atoms. The average molecular weight is 888 g/mol. The van der Waals surface area contributed by atoms with Gasteiger partial charge in [0.25, 0.3) is 0 Å². The number of carboxylic acids is 1. The number of methoxy groups -OCH3 is 1. The van der Waals surface area contributed by atoms with Crippen molar-refractivity contribution in [3.8, 4) is 22.9 Å². The number of aromatic nitrogens is 2. The number of nitrogens with zero attached hydrogens (tertiary/aromatic N) is 4. The number of carboxylic acid groups (broad SMARTS) is 1. The first-order valence-electron chi connectivity index (χ1n) is 22.2. The van der Waals surface area contributed by atoms with Gasteiger partial charge in [-0.2, -0.15) is 0 Å². The first kappa shape index (κ1) is 45.6. The number of benzene rings is 1. The molecule has 340 valence electrons. The van der Waals surface area contributed by atoms with Gasteiger partial charge in [-0.3, -0.25) is 14.4 Å². The maximum Gasteiger partial charge on any atom is 0.408 e. The molecule has 1 aromatic carbocycles. The maximum atomic E-state index is 14.9. The third-order valence-electron chi connectivity index (χ3n) is 12.4. The Bertz CT molecular complexity index is 2220. The van der Waals surface area contributed by atoms with Crippen molar-refractivity contribution < 1.29 is 43.3 Å². The standard InChI is InChI=1S/C46H61N7O9S/c1-27(2)47-43-49-35(26-63-43)34-22-37(31-18-17-29(60-6)20-33(31)48-34)61-30-21-36-40(55)51-46(42(57)58)23-28(46)14-10-8-7-9-11-15-32(41(56)53(36)24-30)50-44(59)62-38(45(3,4)5)25-52-19-13-12-16-39(52)54/h10,14,17-18,20,22,26-28,30,32,36,38H,7-9,11-13,15-16,19,21,23-25H2,1-6H3,(H,47,49)(H,50,59)(H,51,55)(H,57,58)/b14-10-/t28?,30-,32+,36+,38?,46-/m1/s1. The molecular weight excluding hydrogens is 827 g/mol. The molecule has 6 atom stereocenters. The van der Waals surface area contributed by atoms with Gasteiger partial charge >= 0.3 is 12.1 Å². The normalized spacial score (nSPS) is 25.5. The molecule has 0 bridgehead atoms. The van der Waals surface area contributed by atoms with E-state index < -0.39 is 59.1 Å². The second kappa shape index (κ2) is 19.1. The van der Waals surface area contributed by atoms with Gasteiger partial charge in [0.15, 0.2) is 5.13 Å². The van der Waals surface area contributed by atoms with Gasteiger partial charge in [0, 0.05) is 59.7 Å². The fraction of sp³-hybridized carbons (Fsp3) is 0.587. The smallest absolute Gasteiger partial charge is 0.408 e. The van der Waals surface area contributed by atoms with Crippen LogP contribution in [0.1, 0.15) is 98.8 Å². The van der Waals surface area contributed by atoms with E-state index in [1.54, 1.807) is 30.2 Å². The number of nitrogens with one attached hydrogen (secondary N) is 3. The van der Waals surface area contributed by atoms with Crippen LogP contribution < -0.4 is 25.4 Å². The predicted molar refractivity (Wildman–Crippen MR) is 239 cm³/mol. The van der Waals surface area contributed by atoms with Crippen LogP contribution in [0.3, 0.4) is 0 Å². The number of carbonyl (C=O) groups is 5. The van der Waals surface area contributed by atoms with E-state index in [1.807, 2.05) is 58.2 Å². The van der Waals surface area contributed by atoms with E-state index in [0.29, 0.717) is 59.6 Å². The monoisotopic (exact) mass is 887 g/mol. The molecule has 5 heterocycles. The Labute approximate surface area is 372 Å². The lowest BCUT2D eigenvalue weighted by molar-refractivity contribution is -0.145. The number of rotatable bonds is 11. The Hall–Kier alpha value is -5.45. The molecule has 2 saturated heterocycles. The molecule has 0 spiro atoms. The van der Waals surface area contributed by atoms with Gasteiger partial charge in [0.05, 0.1) is 31.4 Å². The van der Waals surface area contributed by atoms with Gasteiger partial charge in [-0.05, 0) is 64.5 Å². The zero-order valence-corrected chi connectivity index (χ0v) is 37.9. The SMILES string of the molecule is COc1ccc2c(O[C@@H]3C[C@H]4C(=O)N[C@]5(C(=O)O)CC5/C=C\CCCCC[C@H](NC(=O)OC(CN5CCCCC5=O)C(C)(C)C)C(=O)N4C3)cc(-c3csc(NC(C)C)n3)nc2c1. The lowest BCUT2D eigenvalue weighted by Crippen LogP contribution is -2.56. The highest BCUT2D eigenvalue weighted by Crippen LogP contribution is 2.46. The van der Waals surface area contributed by atoms with Crippen LogP contribution in [0, 0.1) is 11.3 Å². The number of ether oxygens (including phenoxy) is 3. The zero-order valence-electron chi connectivity index (χ0n) is 37.1. The summed E-state index contributed by atoms with van der Waals surface area (Å²) in [5.41, 5.74) is -0.237. The number of pyridine rings is 1. The number of thiazole rings is 1. The number of anilines is 1. The molecule has 4 amide bonds. The van der Waals surface area contributed by atoms with Crippen LogP contribution in [-0.2, 0) is 23.9 Å². The van der Waals surface area contributed by atoms with Gasteiger partial charge in [-0.25, -0.2) is 19.6 Å². The number of alkyl carbamates (subject to hydrolysis) is 1. The number of amides is 4. The van der Waals surface area contributed by atoms with Gasteiger partial charge in [0.2, 0.25) is 17.7 Å². The quantitative estimate of drug-likeness (QED) is 0.152. The Kier molecular flexibility index (Phi) is 13.8. The second-order valence-electron chi connectivity index (χ2n) is 18.6. The topological polar surface area (TPSA) is 202 Å².